The number of hydrogen-bond donors (Lipinski definition) is 1. The highest BCUT2D eigenvalue weighted by Crippen LogP contribution is 2.21. The van der Waals surface area contributed by atoms with Crippen molar-refractivity contribution in [2.75, 3.05) is 39.0 Å². The van der Waals surface area contributed by atoms with Crippen molar-refractivity contribution in [2.45, 2.75) is 19.3 Å². The zero-order valence-electron chi connectivity index (χ0n) is 16.6. The Hall–Kier alpha value is -2.80. The molecule has 0 radical (unpaired) electrons. The molecule has 1 aliphatic heterocycles. The Labute approximate surface area is 166 Å². The molecule has 0 unspecified atom stereocenters. The van der Waals surface area contributed by atoms with Crippen molar-refractivity contribution >= 4 is 17.5 Å². The van der Waals surface area contributed by atoms with Crippen molar-refractivity contribution in [3.63, 3.8) is 0 Å². The molecule has 3 heterocycles. The van der Waals surface area contributed by atoms with E-state index in [9.17, 15) is 4.79 Å². The van der Waals surface area contributed by atoms with Crippen molar-refractivity contribution in [3.8, 4) is 0 Å². The van der Waals surface area contributed by atoms with Crippen LogP contribution in [0.5, 0.6) is 0 Å². The van der Waals surface area contributed by atoms with Gasteiger partial charge in [-0.05, 0) is 63.5 Å². The maximum atomic E-state index is 12.4. The lowest BCUT2D eigenvalue weighted by atomic mass is 9.93. The van der Waals surface area contributed by atoms with Crippen LogP contribution in [-0.2, 0) is 11.2 Å². The van der Waals surface area contributed by atoms with Crippen LogP contribution in [0.2, 0.25) is 0 Å². The minimum atomic E-state index is 0.104. The summed E-state index contributed by atoms with van der Waals surface area (Å²) < 4.78 is 0. The summed E-state index contributed by atoms with van der Waals surface area (Å²) in [6, 6.07) is 9.60. The number of pyridine rings is 1. The fraction of sp³-hybridized carbons (Fsp3) is 0.429. The number of carbonyl (C=O) groups excluding carboxylic acids is 1. The van der Waals surface area contributed by atoms with E-state index in [1.54, 1.807) is 12.3 Å². The van der Waals surface area contributed by atoms with Gasteiger partial charge in [0, 0.05) is 31.9 Å². The van der Waals surface area contributed by atoms with E-state index in [0.29, 0.717) is 11.7 Å². The zero-order valence-corrected chi connectivity index (χ0v) is 16.6. The van der Waals surface area contributed by atoms with E-state index in [1.807, 2.05) is 60.3 Å². The van der Waals surface area contributed by atoms with Crippen LogP contribution in [0.1, 0.15) is 18.5 Å². The Kier molecular flexibility index (Phi) is 7.08. The summed E-state index contributed by atoms with van der Waals surface area (Å²) in [5.74, 6) is 1.94. The smallest absolute Gasteiger partial charge is 0.246 e. The summed E-state index contributed by atoms with van der Waals surface area (Å²) in [7, 11) is 3.98. The summed E-state index contributed by atoms with van der Waals surface area (Å²) in [4.78, 5) is 20.6. The first-order valence-electron chi connectivity index (χ1n) is 9.71. The lowest BCUT2D eigenvalue weighted by Gasteiger charge is -2.32. The molecule has 2 aromatic heterocycles. The minimum absolute atomic E-state index is 0.104. The number of aromatic nitrogens is 3. The number of rotatable bonds is 7. The van der Waals surface area contributed by atoms with E-state index in [4.69, 9.17) is 0 Å². The lowest BCUT2D eigenvalue weighted by molar-refractivity contribution is -0.127. The molecular formula is C21H28N6O. The van der Waals surface area contributed by atoms with Gasteiger partial charge >= 0.3 is 0 Å². The van der Waals surface area contributed by atoms with E-state index in [0.717, 1.165) is 50.4 Å². The predicted molar refractivity (Wildman–Crippen MR) is 110 cm³/mol. The summed E-state index contributed by atoms with van der Waals surface area (Å²) in [6.45, 7) is 2.39. The fourth-order valence-corrected chi connectivity index (χ4v) is 3.30. The molecule has 0 aliphatic carbocycles. The Morgan fingerprint density at radius 2 is 2.14 bits per heavy atom. The number of carbonyl (C=O) groups is 1. The first kappa shape index (κ1) is 19.9. The van der Waals surface area contributed by atoms with Crippen LogP contribution in [0.3, 0.4) is 0 Å². The number of piperidine rings is 1. The molecule has 148 valence electrons. The van der Waals surface area contributed by atoms with Gasteiger partial charge in [-0.25, -0.2) is 4.98 Å². The van der Waals surface area contributed by atoms with Crippen LogP contribution in [0.15, 0.2) is 48.7 Å². The summed E-state index contributed by atoms with van der Waals surface area (Å²) in [5, 5.41) is 11.7. The topological polar surface area (TPSA) is 74.2 Å². The molecule has 1 atom stereocenters. The fourth-order valence-electron chi connectivity index (χ4n) is 3.30. The van der Waals surface area contributed by atoms with Crippen molar-refractivity contribution in [2.24, 2.45) is 5.92 Å². The molecule has 0 aromatic carbocycles. The van der Waals surface area contributed by atoms with Crippen molar-refractivity contribution in [1.82, 2.24) is 25.0 Å². The Balaban J connectivity index is 1.52. The largest absolute Gasteiger partial charge is 0.339 e. The van der Waals surface area contributed by atoms with Gasteiger partial charge in [0.2, 0.25) is 5.91 Å². The van der Waals surface area contributed by atoms with Crippen molar-refractivity contribution in [3.05, 3.63) is 54.4 Å². The Morgan fingerprint density at radius 1 is 1.25 bits per heavy atom. The molecule has 0 spiro atoms. The number of nitrogens with zero attached hydrogens (tertiary/aromatic N) is 5. The van der Waals surface area contributed by atoms with E-state index >= 15 is 0 Å². The van der Waals surface area contributed by atoms with Gasteiger partial charge in [-0.1, -0.05) is 12.1 Å². The number of hydrogen-bond acceptors (Lipinski definition) is 6. The van der Waals surface area contributed by atoms with E-state index in [1.165, 1.54) is 0 Å². The molecule has 7 heteroatoms. The standard InChI is InChI=1S/C21H28N6O/c1-26(2)13-6-9-21(28)27-14-5-7-17(16-27)15-18-10-11-20(25-24-18)23-19-8-3-4-12-22-19/h3-4,6,8-12,17H,5,7,13-16H2,1-2H3,(H,22,23,25)/b9-6+/t17-/m0/s1. The second kappa shape index (κ2) is 9.94. The molecule has 1 N–H and O–H groups in total. The lowest BCUT2D eigenvalue weighted by Crippen LogP contribution is -2.39. The molecule has 2 aromatic rings. The maximum Gasteiger partial charge on any atom is 0.246 e. The van der Waals surface area contributed by atoms with Crippen LogP contribution in [0.25, 0.3) is 0 Å². The van der Waals surface area contributed by atoms with Gasteiger partial charge in [-0.3, -0.25) is 4.79 Å². The van der Waals surface area contributed by atoms with Gasteiger partial charge in [0.15, 0.2) is 5.82 Å². The Bertz CT molecular complexity index is 775. The predicted octanol–water partition coefficient (Wildman–Crippen LogP) is 2.51. The molecule has 28 heavy (non-hydrogen) atoms. The van der Waals surface area contributed by atoms with Crippen LogP contribution in [-0.4, -0.2) is 64.6 Å². The van der Waals surface area contributed by atoms with Gasteiger partial charge in [0.25, 0.3) is 0 Å². The second-order valence-electron chi connectivity index (χ2n) is 7.41. The first-order chi connectivity index (χ1) is 13.6. The molecular weight excluding hydrogens is 352 g/mol. The molecule has 0 bridgehead atoms. The van der Waals surface area contributed by atoms with Gasteiger partial charge in [0.1, 0.15) is 5.82 Å². The highest BCUT2D eigenvalue weighted by atomic mass is 16.2. The van der Waals surface area contributed by atoms with Gasteiger partial charge < -0.3 is 15.1 Å². The molecule has 1 amide bonds. The normalized spacial score (nSPS) is 17.2. The van der Waals surface area contributed by atoms with Crippen molar-refractivity contribution < 1.29 is 4.79 Å². The third-order valence-electron chi connectivity index (χ3n) is 4.70. The molecule has 1 aliphatic rings. The second-order valence-corrected chi connectivity index (χ2v) is 7.41. The van der Waals surface area contributed by atoms with E-state index < -0.39 is 0 Å². The Morgan fingerprint density at radius 3 is 2.86 bits per heavy atom. The summed E-state index contributed by atoms with van der Waals surface area (Å²) >= 11 is 0. The monoisotopic (exact) mass is 380 g/mol. The number of likely N-dealkylation sites (N-methyl/N-ethyl adjacent to an activating group) is 1. The quantitative estimate of drug-likeness (QED) is 0.744. The maximum absolute atomic E-state index is 12.4. The summed E-state index contributed by atoms with van der Waals surface area (Å²) in [5.41, 5.74) is 0.953. The van der Waals surface area contributed by atoms with Gasteiger partial charge in [-0.15, -0.1) is 5.10 Å². The number of anilines is 2. The van der Waals surface area contributed by atoms with Gasteiger partial charge in [0.05, 0.1) is 5.69 Å². The first-order valence-corrected chi connectivity index (χ1v) is 9.71. The third kappa shape index (κ3) is 6.13. The molecule has 0 saturated carbocycles. The highest BCUT2D eigenvalue weighted by Gasteiger charge is 2.23. The van der Waals surface area contributed by atoms with Crippen LogP contribution in [0.4, 0.5) is 11.6 Å². The van der Waals surface area contributed by atoms with Crippen LogP contribution in [0, 0.1) is 5.92 Å². The summed E-state index contributed by atoms with van der Waals surface area (Å²) in [6.07, 6.45) is 8.33. The van der Waals surface area contributed by atoms with Crippen molar-refractivity contribution in [1.29, 1.82) is 0 Å². The average molecular weight is 380 g/mol. The number of likely N-dealkylation sites (tertiary alicyclic amines) is 1. The molecule has 1 saturated heterocycles. The van der Waals surface area contributed by atoms with E-state index in [2.05, 4.69) is 20.5 Å². The highest BCUT2D eigenvalue weighted by molar-refractivity contribution is 5.87. The van der Waals surface area contributed by atoms with Gasteiger partial charge in [-0.2, -0.15) is 5.10 Å². The SMILES string of the molecule is CN(C)C/C=C/C(=O)N1CCC[C@@H](Cc2ccc(Nc3ccccn3)nn2)C1. The average Bonchev–Trinajstić information content (AvgIpc) is 2.70. The third-order valence-corrected chi connectivity index (χ3v) is 4.70. The van der Waals surface area contributed by atoms with E-state index in [-0.39, 0.29) is 5.91 Å². The zero-order chi connectivity index (χ0) is 19.8. The minimum Gasteiger partial charge on any atom is -0.339 e. The molecule has 3 rings (SSSR count). The van der Waals surface area contributed by atoms with Crippen LogP contribution < -0.4 is 5.32 Å². The number of amides is 1. The molecule has 1 fully saturated rings. The van der Waals surface area contributed by atoms with Crippen LogP contribution >= 0.6 is 0 Å². The molecule has 7 nitrogen and oxygen atoms in total. The number of nitrogens with one attached hydrogen (secondary N) is 1.